The molecule has 21 heavy (non-hydrogen) atoms. The average Bonchev–Trinajstić information content (AvgIpc) is 2.39. The van der Waals surface area contributed by atoms with Gasteiger partial charge in [-0.3, -0.25) is 0 Å². The molecule has 0 radical (unpaired) electrons. The molecule has 0 aliphatic heterocycles. The first-order valence-electron chi connectivity index (χ1n) is 6.19. The Labute approximate surface area is 120 Å². The third-order valence-corrected chi connectivity index (χ3v) is 3.36. The van der Waals surface area contributed by atoms with Gasteiger partial charge in [0.2, 0.25) is 0 Å². The zero-order valence-corrected chi connectivity index (χ0v) is 11.5. The van der Waals surface area contributed by atoms with Gasteiger partial charge in [-0.25, -0.2) is 14.0 Å². The molecule has 2 N–H and O–H groups in total. The van der Waals surface area contributed by atoms with E-state index in [-0.39, 0.29) is 11.1 Å². The van der Waals surface area contributed by atoms with E-state index in [2.05, 4.69) is 0 Å². The molecule has 0 atom stereocenters. The molecular weight excluding hydrogens is 275 g/mol. The minimum Gasteiger partial charge on any atom is -0.478 e. The van der Waals surface area contributed by atoms with Gasteiger partial charge in [0.05, 0.1) is 11.1 Å². The molecule has 2 aromatic rings. The van der Waals surface area contributed by atoms with Crippen LogP contribution in [0.15, 0.2) is 30.3 Å². The van der Waals surface area contributed by atoms with Crippen molar-refractivity contribution in [2.24, 2.45) is 0 Å². The molecule has 0 unspecified atom stereocenters. The Morgan fingerprint density at radius 3 is 2.14 bits per heavy atom. The maximum Gasteiger partial charge on any atom is 0.335 e. The number of carbonyl (C=O) groups is 2. The lowest BCUT2D eigenvalue weighted by Crippen LogP contribution is -2.06. The molecule has 0 aliphatic carbocycles. The van der Waals surface area contributed by atoms with Gasteiger partial charge in [0.25, 0.3) is 0 Å². The topological polar surface area (TPSA) is 74.6 Å². The second-order valence-corrected chi connectivity index (χ2v) is 4.77. The fourth-order valence-electron chi connectivity index (χ4n) is 2.27. The number of hydrogen-bond donors (Lipinski definition) is 2. The number of carboxylic acids is 2. The minimum absolute atomic E-state index is 0.0753. The van der Waals surface area contributed by atoms with Gasteiger partial charge in [0.1, 0.15) is 5.82 Å². The summed E-state index contributed by atoms with van der Waals surface area (Å²) >= 11 is 0. The van der Waals surface area contributed by atoms with Gasteiger partial charge in [-0.1, -0.05) is 6.07 Å². The van der Waals surface area contributed by atoms with Crippen LogP contribution in [0.3, 0.4) is 0 Å². The monoisotopic (exact) mass is 288 g/mol. The summed E-state index contributed by atoms with van der Waals surface area (Å²) in [6.07, 6.45) is 0. The summed E-state index contributed by atoms with van der Waals surface area (Å²) in [7, 11) is 0. The zero-order chi connectivity index (χ0) is 15.7. The smallest absolute Gasteiger partial charge is 0.335 e. The van der Waals surface area contributed by atoms with E-state index >= 15 is 0 Å². The first-order chi connectivity index (χ1) is 9.81. The lowest BCUT2D eigenvalue weighted by atomic mass is 9.91. The van der Waals surface area contributed by atoms with E-state index in [0.717, 1.165) is 6.07 Å². The van der Waals surface area contributed by atoms with Crippen LogP contribution >= 0.6 is 0 Å². The molecule has 0 heterocycles. The van der Waals surface area contributed by atoms with Crippen LogP contribution in [0.1, 0.15) is 31.8 Å². The highest BCUT2D eigenvalue weighted by molar-refractivity contribution is 5.98. The number of carboxylic acid groups (broad SMARTS) is 2. The molecule has 5 heteroatoms. The summed E-state index contributed by atoms with van der Waals surface area (Å²) in [4.78, 5) is 22.4. The Balaban J connectivity index is 2.78. The number of benzene rings is 2. The van der Waals surface area contributed by atoms with Crippen LogP contribution < -0.4 is 0 Å². The second kappa shape index (κ2) is 5.36. The Bertz CT molecular complexity index is 750. The van der Waals surface area contributed by atoms with Crippen molar-refractivity contribution >= 4 is 11.9 Å². The van der Waals surface area contributed by atoms with Gasteiger partial charge < -0.3 is 10.2 Å². The van der Waals surface area contributed by atoms with Gasteiger partial charge >= 0.3 is 11.9 Å². The van der Waals surface area contributed by atoms with E-state index in [1.165, 1.54) is 24.3 Å². The molecule has 4 nitrogen and oxygen atoms in total. The van der Waals surface area contributed by atoms with Crippen LogP contribution in [-0.2, 0) is 0 Å². The summed E-state index contributed by atoms with van der Waals surface area (Å²) in [5, 5.41) is 18.3. The summed E-state index contributed by atoms with van der Waals surface area (Å²) in [6.45, 7) is 3.29. The molecule has 0 spiro atoms. The number of rotatable bonds is 3. The standard InChI is InChI=1S/C16H13FO4/c1-8-5-11(17)3-4-12(8)13-6-10(15(18)19)7-14(9(13)2)16(20)21/h3-7H,1-2H3,(H,18,19)(H,20,21). The van der Waals surface area contributed by atoms with Crippen molar-refractivity contribution in [3.63, 3.8) is 0 Å². The SMILES string of the molecule is Cc1cc(F)ccc1-c1cc(C(=O)O)cc(C(=O)O)c1C. The van der Waals surface area contributed by atoms with E-state index in [4.69, 9.17) is 5.11 Å². The second-order valence-electron chi connectivity index (χ2n) is 4.77. The predicted octanol–water partition coefficient (Wildman–Crippen LogP) is 3.51. The van der Waals surface area contributed by atoms with Gasteiger partial charge in [-0.15, -0.1) is 0 Å². The molecule has 2 rings (SSSR count). The maximum atomic E-state index is 13.2. The summed E-state index contributed by atoms with van der Waals surface area (Å²) < 4.78 is 13.2. The molecule has 0 fully saturated rings. The minimum atomic E-state index is -1.21. The van der Waals surface area contributed by atoms with E-state index in [9.17, 15) is 19.1 Å². The molecule has 108 valence electrons. The van der Waals surface area contributed by atoms with E-state index in [1.54, 1.807) is 13.8 Å². The zero-order valence-electron chi connectivity index (χ0n) is 11.5. The molecule has 0 amide bonds. The van der Waals surface area contributed by atoms with Gasteiger partial charge in [-0.05, 0) is 60.4 Å². The third kappa shape index (κ3) is 2.76. The summed E-state index contributed by atoms with van der Waals surface area (Å²) in [5.41, 5.74) is 1.95. The molecule has 0 bridgehead atoms. The van der Waals surface area contributed by atoms with Gasteiger partial charge in [-0.2, -0.15) is 0 Å². The average molecular weight is 288 g/mol. The summed E-state index contributed by atoms with van der Waals surface area (Å²) in [6, 6.07) is 6.63. The van der Waals surface area contributed by atoms with Crippen LogP contribution in [0, 0.1) is 19.7 Å². The number of aromatic carboxylic acids is 2. The number of aryl methyl sites for hydroxylation is 1. The van der Waals surface area contributed by atoms with Crippen LogP contribution in [0.4, 0.5) is 4.39 Å². The predicted molar refractivity (Wildman–Crippen MR) is 75.2 cm³/mol. The molecule has 2 aromatic carbocycles. The lowest BCUT2D eigenvalue weighted by Gasteiger charge is -2.13. The van der Waals surface area contributed by atoms with Crippen LogP contribution in [0.2, 0.25) is 0 Å². The van der Waals surface area contributed by atoms with Crippen molar-refractivity contribution in [2.45, 2.75) is 13.8 Å². The molecule has 0 aromatic heterocycles. The fourth-order valence-corrected chi connectivity index (χ4v) is 2.27. The highest BCUT2D eigenvalue weighted by Crippen LogP contribution is 2.30. The van der Waals surface area contributed by atoms with Crippen molar-refractivity contribution in [2.75, 3.05) is 0 Å². The maximum absolute atomic E-state index is 13.2. The van der Waals surface area contributed by atoms with E-state index in [1.807, 2.05) is 0 Å². The number of hydrogen-bond acceptors (Lipinski definition) is 2. The molecule has 0 aliphatic rings. The van der Waals surface area contributed by atoms with Crippen LogP contribution in [-0.4, -0.2) is 22.2 Å². The van der Waals surface area contributed by atoms with Gasteiger partial charge in [0, 0.05) is 0 Å². The Kier molecular flexibility index (Phi) is 3.76. The highest BCUT2D eigenvalue weighted by Gasteiger charge is 2.18. The highest BCUT2D eigenvalue weighted by atomic mass is 19.1. The Morgan fingerprint density at radius 2 is 1.62 bits per heavy atom. The summed E-state index contributed by atoms with van der Waals surface area (Å²) in [5.74, 6) is -2.81. The van der Waals surface area contributed by atoms with E-state index < -0.39 is 17.8 Å². The van der Waals surface area contributed by atoms with Crippen molar-refractivity contribution in [1.29, 1.82) is 0 Å². The Morgan fingerprint density at radius 1 is 0.952 bits per heavy atom. The van der Waals surface area contributed by atoms with E-state index in [0.29, 0.717) is 22.3 Å². The van der Waals surface area contributed by atoms with Crippen molar-refractivity contribution in [3.8, 4) is 11.1 Å². The fraction of sp³-hybridized carbons (Fsp3) is 0.125. The normalized spacial score (nSPS) is 10.4. The first-order valence-corrected chi connectivity index (χ1v) is 6.19. The van der Waals surface area contributed by atoms with Crippen molar-refractivity contribution in [3.05, 3.63) is 58.4 Å². The number of halogens is 1. The lowest BCUT2D eigenvalue weighted by molar-refractivity contribution is 0.0695. The molecular formula is C16H13FO4. The largest absolute Gasteiger partial charge is 0.478 e. The van der Waals surface area contributed by atoms with Crippen LogP contribution in [0.5, 0.6) is 0 Å². The third-order valence-electron chi connectivity index (χ3n) is 3.36. The quantitative estimate of drug-likeness (QED) is 0.906. The Hall–Kier alpha value is -2.69. The van der Waals surface area contributed by atoms with Crippen molar-refractivity contribution < 1.29 is 24.2 Å². The van der Waals surface area contributed by atoms with Gasteiger partial charge in [0.15, 0.2) is 0 Å². The van der Waals surface area contributed by atoms with Crippen molar-refractivity contribution in [1.82, 2.24) is 0 Å². The molecule has 0 saturated heterocycles. The first kappa shape index (κ1) is 14.7. The van der Waals surface area contributed by atoms with Crippen LogP contribution in [0.25, 0.3) is 11.1 Å². The molecule has 0 saturated carbocycles.